The van der Waals surface area contributed by atoms with E-state index in [1.807, 2.05) is 0 Å². The predicted octanol–water partition coefficient (Wildman–Crippen LogP) is 0.976. The molecular formula is C20H23FN4O8S. The molecule has 0 unspecified atom stereocenters. The number of sulfonamides is 1. The Kier molecular flexibility index (Phi) is 8.33. The molecule has 34 heavy (non-hydrogen) atoms. The molecule has 3 rings (SSSR count). The van der Waals surface area contributed by atoms with Crippen LogP contribution in [0.25, 0.3) is 0 Å². The lowest BCUT2D eigenvalue weighted by Gasteiger charge is -2.38. The minimum atomic E-state index is -4.24. The molecule has 1 aromatic carbocycles. The molecule has 1 aliphatic rings. The zero-order chi connectivity index (χ0) is 24.7. The van der Waals surface area contributed by atoms with Gasteiger partial charge in [0.1, 0.15) is 29.1 Å². The number of carbonyl (C=O) groups excluding carboxylic acids is 2. The Bertz CT molecular complexity index is 1100. The van der Waals surface area contributed by atoms with Crippen LogP contribution in [0.4, 0.5) is 9.18 Å². The lowest BCUT2D eigenvalue weighted by atomic mass is 10.2. The molecule has 2 N–H and O–H groups in total. The number of halogens is 1. The number of ether oxygens (including phenoxy) is 3. The molecular weight excluding hydrogens is 475 g/mol. The molecule has 0 saturated carbocycles. The number of aromatic nitrogens is 1. The fourth-order valence-corrected chi connectivity index (χ4v) is 4.67. The van der Waals surface area contributed by atoms with Crippen LogP contribution in [-0.2, 0) is 24.3 Å². The first-order valence-electron chi connectivity index (χ1n) is 10.0. The van der Waals surface area contributed by atoms with E-state index in [1.165, 1.54) is 53.9 Å². The van der Waals surface area contributed by atoms with Gasteiger partial charge in [0.15, 0.2) is 0 Å². The highest BCUT2D eigenvalue weighted by Crippen LogP contribution is 2.25. The molecule has 1 saturated heterocycles. The average molecular weight is 498 g/mol. The van der Waals surface area contributed by atoms with Gasteiger partial charge in [-0.25, -0.2) is 28.1 Å². The monoisotopic (exact) mass is 498 g/mol. The first-order valence-corrected chi connectivity index (χ1v) is 11.5. The van der Waals surface area contributed by atoms with Crippen LogP contribution in [0.3, 0.4) is 0 Å². The van der Waals surface area contributed by atoms with Crippen molar-refractivity contribution in [1.82, 2.24) is 19.7 Å². The fraction of sp³-hybridized carbons (Fsp3) is 0.350. The van der Waals surface area contributed by atoms with E-state index in [-0.39, 0.29) is 43.6 Å². The maximum atomic E-state index is 13.2. The third-order valence-corrected chi connectivity index (χ3v) is 6.76. The van der Waals surface area contributed by atoms with Gasteiger partial charge in [0.25, 0.3) is 5.91 Å². The fourth-order valence-electron chi connectivity index (χ4n) is 3.15. The van der Waals surface area contributed by atoms with Crippen molar-refractivity contribution in [2.75, 3.05) is 40.0 Å². The molecule has 2 aromatic rings. The molecule has 0 aliphatic carbocycles. The molecule has 0 spiro atoms. The third-order valence-electron chi connectivity index (χ3n) is 4.87. The Morgan fingerprint density at radius 3 is 2.53 bits per heavy atom. The predicted molar refractivity (Wildman–Crippen MR) is 113 cm³/mol. The summed E-state index contributed by atoms with van der Waals surface area (Å²) in [5.74, 6) is -1.08. The van der Waals surface area contributed by atoms with Crippen LogP contribution in [0.5, 0.6) is 11.6 Å². The normalized spacial score (nSPS) is 16.7. The van der Waals surface area contributed by atoms with E-state index in [2.05, 4.69) is 4.98 Å². The van der Waals surface area contributed by atoms with Gasteiger partial charge in [-0.2, -0.15) is 4.31 Å². The van der Waals surface area contributed by atoms with Gasteiger partial charge in [0, 0.05) is 32.8 Å². The number of hydroxylamine groups is 1. The van der Waals surface area contributed by atoms with E-state index in [1.54, 1.807) is 0 Å². The maximum absolute atomic E-state index is 13.2. The molecule has 1 aliphatic heterocycles. The van der Waals surface area contributed by atoms with Crippen molar-refractivity contribution < 1.29 is 41.8 Å². The van der Waals surface area contributed by atoms with Gasteiger partial charge in [0.05, 0.1) is 12.8 Å². The summed E-state index contributed by atoms with van der Waals surface area (Å²) in [5, 5.41) is 9.11. The standard InChI is InChI=1S/C20H23FN4O8S/c1-31-10-11-32-20(27)24-8-9-25(17(13-24)19(26)23-28)34(29,30)16-6-7-18(22-12-16)33-15-4-2-14(21)3-5-15/h2-7,12,17,28H,8-11,13H2,1H3,(H,23,26)/t17-/m1/s1. The summed E-state index contributed by atoms with van der Waals surface area (Å²) in [5.41, 5.74) is 1.43. The molecule has 2 amide bonds. The van der Waals surface area contributed by atoms with Gasteiger partial charge in [0.2, 0.25) is 15.9 Å². The second kappa shape index (κ2) is 11.2. The number of benzene rings is 1. The highest BCUT2D eigenvalue weighted by atomic mass is 32.2. The Morgan fingerprint density at radius 2 is 1.91 bits per heavy atom. The number of methoxy groups -OCH3 is 1. The van der Waals surface area contributed by atoms with E-state index in [0.717, 1.165) is 10.5 Å². The molecule has 2 heterocycles. The molecule has 1 fully saturated rings. The van der Waals surface area contributed by atoms with Crippen molar-refractivity contribution in [2.45, 2.75) is 10.9 Å². The van der Waals surface area contributed by atoms with E-state index >= 15 is 0 Å². The summed E-state index contributed by atoms with van der Waals surface area (Å²) in [6, 6.07) is 6.32. The van der Waals surface area contributed by atoms with Crippen LogP contribution < -0.4 is 10.2 Å². The zero-order valence-corrected chi connectivity index (χ0v) is 18.9. The van der Waals surface area contributed by atoms with Crippen molar-refractivity contribution >= 4 is 22.0 Å². The summed E-state index contributed by atoms with van der Waals surface area (Å²) >= 11 is 0. The first kappa shape index (κ1) is 25.3. The average Bonchev–Trinajstić information content (AvgIpc) is 2.85. The summed E-state index contributed by atoms with van der Waals surface area (Å²) in [6.45, 7) is -0.444. The Morgan fingerprint density at radius 1 is 1.18 bits per heavy atom. The highest BCUT2D eigenvalue weighted by molar-refractivity contribution is 7.89. The van der Waals surface area contributed by atoms with Crippen molar-refractivity contribution in [3.05, 3.63) is 48.4 Å². The minimum Gasteiger partial charge on any atom is -0.447 e. The molecule has 184 valence electrons. The number of pyridine rings is 1. The third kappa shape index (κ3) is 5.96. The number of carbonyl (C=O) groups is 2. The number of hydrogen-bond donors (Lipinski definition) is 2. The highest BCUT2D eigenvalue weighted by Gasteiger charge is 2.42. The molecule has 12 nitrogen and oxygen atoms in total. The number of piperazine rings is 1. The number of rotatable bonds is 8. The van der Waals surface area contributed by atoms with Gasteiger partial charge in [-0.1, -0.05) is 0 Å². The Hall–Kier alpha value is -3.33. The van der Waals surface area contributed by atoms with Gasteiger partial charge in [-0.05, 0) is 30.3 Å². The van der Waals surface area contributed by atoms with Crippen LogP contribution in [0, 0.1) is 5.82 Å². The largest absolute Gasteiger partial charge is 0.447 e. The first-order chi connectivity index (χ1) is 16.3. The van der Waals surface area contributed by atoms with E-state index in [0.29, 0.717) is 5.75 Å². The number of hydrogen-bond acceptors (Lipinski definition) is 9. The van der Waals surface area contributed by atoms with Gasteiger partial charge in [-0.3, -0.25) is 10.0 Å². The maximum Gasteiger partial charge on any atom is 0.409 e. The number of nitrogens with one attached hydrogen (secondary N) is 1. The second-order valence-corrected chi connectivity index (χ2v) is 8.94. The SMILES string of the molecule is COCCOC(=O)N1CCN(S(=O)(=O)c2ccc(Oc3ccc(F)cc3)nc2)[C@@H](C(=O)NO)C1. The number of nitrogens with zero attached hydrogens (tertiary/aromatic N) is 3. The lowest BCUT2D eigenvalue weighted by Crippen LogP contribution is -2.61. The smallest absolute Gasteiger partial charge is 0.409 e. The Labute approximate surface area is 194 Å². The van der Waals surface area contributed by atoms with Gasteiger partial charge < -0.3 is 19.1 Å². The summed E-state index contributed by atoms with van der Waals surface area (Å²) < 4.78 is 55.6. The van der Waals surface area contributed by atoms with Crippen molar-refractivity contribution in [3.63, 3.8) is 0 Å². The van der Waals surface area contributed by atoms with Crippen molar-refractivity contribution in [2.24, 2.45) is 0 Å². The van der Waals surface area contributed by atoms with Gasteiger partial charge in [-0.15, -0.1) is 0 Å². The van der Waals surface area contributed by atoms with Crippen molar-refractivity contribution in [1.29, 1.82) is 0 Å². The molecule has 14 heteroatoms. The lowest BCUT2D eigenvalue weighted by molar-refractivity contribution is -0.134. The molecule has 1 atom stereocenters. The summed E-state index contributed by atoms with van der Waals surface area (Å²) in [4.78, 5) is 29.3. The van der Waals surface area contributed by atoms with Crippen LogP contribution in [0.2, 0.25) is 0 Å². The van der Waals surface area contributed by atoms with Crippen LogP contribution in [0.15, 0.2) is 47.5 Å². The van der Waals surface area contributed by atoms with Crippen LogP contribution in [0.1, 0.15) is 0 Å². The zero-order valence-electron chi connectivity index (χ0n) is 18.1. The topological polar surface area (TPSA) is 148 Å². The molecule has 0 bridgehead atoms. The quantitative estimate of drug-likeness (QED) is 0.309. The summed E-state index contributed by atoms with van der Waals surface area (Å²) in [7, 11) is -2.80. The van der Waals surface area contributed by atoms with Crippen LogP contribution >= 0.6 is 0 Å². The second-order valence-electron chi connectivity index (χ2n) is 7.05. The minimum absolute atomic E-state index is 0.0112. The molecule has 0 radical (unpaired) electrons. The van der Waals surface area contributed by atoms with E-state index in [9.17, 15) is 22.4 Å². The van der Waals surface area contributed by atoms with Crippen LogP contribution in [-0.4, -0.2) is 85.8 Å². The summed E-state index contributed by atoms with van der Waals surface area (Å²) in [6.07, 6.45) is 0.307. The Balaban J connectivity index is 1.75. The molecule has 1 aromatic heterocycles. The number of amides is 2. The van der Waals surface area contributed by atoms with Crippen molar-refractivity contribution in [3.8, 4) is 11.6 Å². The van der Waals surface area contributed by atoms with E-state index in [4.69, 9.17) is 19.4 Å². The van der Waals surface area contributed by atoms with E-state index < -0.39 is 33.9 Å². The van der Waals surface area contributed by atoms with Gasteiger partial charge >= 0.3 is 6.09 Å².